The van der Waals surface area contributed by atoms with Crippen LogP contribution in [0.15, 0.2) is 12.1 Å². The van der Waals surface area contributed by atoms with E-state index in [1.165, 1.54) is 13.1 Å². The Morgan fingerprint density at radius 1 is 1.47 bits per heavy atom. The smallest absolute Gasteiger partial charge is 0.232 e. The van der Waals surface area contributed by atoms with Crippen molar-refractivity contribution >= 4 is 33.0 Å². The number of hydrogen-bond donors (Lipinski definition) is 1. The van der Waals surface area contributed by atoms with E-state index in [0.717, 1.165) is 16.6 Å². The van der Waals surface area contributed by atoms with Gasteiger partial charge in [0.05, 0.1) is 22.7 Å². The molecule has 0 aliphatic rings. The second-order valence-electron chi connectivity index (χ2n) is 3.06. The molecule has 2 N–H and O–H groups in total. The van der Waals surface area contributed by atoms with Crippen molar-refractivity contribution in [3.8, 4) is 0 Å². The zero-order chi connectivity index (χ0) is 11.8. The zero-order valence-electron chi connectivity index (χ0n) is 8.16. The van der Waals surface area contributed by atoms with Crippen molar-refractivity contribution in [2.24, 2.45) is 0 Å². The minimum Gasteiger partial charge on any atom is -0.397 e. The van der Waals surface area contributed by atoms with E-state index in [2.05, 4.69) is 0 Å². The Morgan fingerprint density at radius 2 is 2.00 bits per heavy atom. The topological polar surface area (TPSA) is 63.4 Å². The van der Waals surface area contributed by atoms with Gasteiger partial charge >= 0.3 is 0 Å². The van der Waals surface area contributed by atoms with E-state index in [4.69, 9.17) is 17.3 Å². The van der Waals surface area contributed by atoms with E-state index in [9.17, 15) is 12.8 Å². The molecule has 0 fully saturated rings. The van der Waals surface area contributed by atoms with E-state index in [-0.39, 0.29) is 16.4 Å². The predicted octanol–water partition coefficient (Wildman–Crippen LogP) is 1.46. The SMILES string of the molecule is CN(c1cc(Cl)c(F)cc1N)S(C)(=O)=O. The normalized spacial score (nSPS) is 11.5. The number of nitrogens with zero attached hydrogens (tertiary/aromatic N) is 1. The van der Waals surface area contributed by atoms with Crippen LogP contribution in [0.1, 0.15) is 0 Å². The summed E-state index contributed by atoms with van der Waals surface area (Å²) in [4.78, 5) is 0. The van der Waals surface area contributed by atoms with Gasteiger partial charge in [-0.1, -0.05) is 11.6 Å². The van der Waals surface area contributed by atoms with Gasteiger partial charge in [-0.2, -0.15) is 0 Å². The summed E-state index contributed by atoms with van der Waals surface area (Å²) >= 11 is 5.53. The Hall–Kier alpha value is -1.01. The van der Waals surface area contributed by atoms with Gasteiger partial charge in [-0.05, 0) is 6.07 Å². The molecule has 7 heteroatoms. The third-order valence-electron chi connectivity index (χ3n) is 1.91. The molecule has 0 atom stereocenters. The van der Waals surface area contributed by atoms with Gasteiger partial charge < -0.3 is 5.73 Å². The van der Waals surface area contributed by atoms with Gasteiger partial charge in [-0.25, -0.2) is 12.8 Å². The lowest BCUT2D eigenvalue weighted by Gasteiger charge is -2.18. The third kappa shape index (κ3) is 2.51. The highest BCUT2D eigenvalue weighted by atomic mass is 35.5. The number of benzene rings is 1. The number of hydrogen-bond acceptors (Lipinski definition) is 3. The molecule has 15 heavy (non-hydrogen) atoms. The lowest BCUT2D eigenvalue weighted by Crippen LogP contribution is -2.25. The van der Waals surface area contributed by atoms with Crippen LogP contribution in [-0.4, -0.2) is 21.7 Å². The predicted molar refractivity (Wildman–Crippen MR) is 59.1 cm³/mol. The number of rotatable bonds is 2. The first-order chi connectivity index (χ1) is 6.73. The molecule has 0 heterocycles. The van der Waals surface area contributed by atoms with Crippen molar-refractivity contribution in [2.45, 2.75) is 0 Å². The van der Waals surface area contributed by atoms with Crippen molar-refractivity contribution in [3.05, 3.63) is 23.0 Å². The average molecular weight is 253 g/mol. The van der Waals surface area contributed by atoms with Gasteiger partial charge in [0.15, 0.2) is 0 Å². The molecule has 4 nitrogen and oxygen atoms in total. The van der Waals surface area contributed by atoms with Crippen LogP contribution in [0.2, 0.25) is 5.02 Å². The Bertz CT molecular complexity index is 490. The van der Waals surface area contributed by atoms with Crippen molar-refractivity contribution in [3.63, 3.8) is 0 Å². The van der Waals surface area contributed by atoms with Crippen molar-refractivity contribution in [1.29, 1.82) is 0 Å². The lowest BCUT2D eigenvalue weighted by atomic mass is 10.2. The molecule has 0 aliphatic heterocycles. The maximum Gasteiger partial charge on any atom is 0.232 e. The average Bonchev–Trinajstić information content (AvgIpc) is 2.08. The molecule has 1 aromatic rings. The molecule has 0 unspecified atom stereocenters. The number of anilines is 2. The minimum absolute atomic E-state index is 0.0184. The highest BCUT2D eigenvalue weighted by molar-refractivity contribution is 7.92. The molecule has 0 aromatic heterocycles. The third-order valence-corrected chi connectivity index (χ3v) is 3.39. The zero-order valence-corrected chi connectivity index (χ0v) is 9.73. The summed E-state index contributed by atoms with van der Waals surface area (Å²) in [6.07, 6.45) is 1.02. The molecule has 0 aliphatic carbocycles. The quantitative estimate of drug-likeness (QED) is 0.811. The number of halogens is 2. The Balaban J connectivity index is 3.33. The van der Waals surface area contributed by atoms with E-state index < -0.39 is 15.8 Å². The van der Waals surface area contributed by atoms with Gasteiger partial charge in [-0.15, -0.1) is 0 Å². The monoisotopic (exact) mass is 252 g/mol. The van der Waals surface area contributed by atoms with E-state index in [1.807, 2.05) is 0 Å². The Morgan fingerprint density at radius 3 is 2.47 bits per heavy atom. The number of nitrogens with two attached hydrogens (primary N) is 1. The maximum atomic E-state index is 12.9. The summed E-state index contributed by atoms with van der Waals surface area (Å²) < 4.78 is 36.3. The van der Waals surface area contributed by atoms with Crippen LogP contribution in [-0.2, 0) is 10.0 Å². The molecular weight excluding hydrogens is 243 g/mol. The summed E-state index contributed by atoms with van der Waals surface area (Å²) in [5, 5.41) is -0.172. The van der Waals surface area contributed by atoms with E-state index in [1.54, 1.807) is 0 Å². The summed E-state index contributed by atoms with van der Waals surface area (Å²) in [5.74, 6) is -0.681. The largest absolute Gasteiger partial charge is 0.397 e. The molecule has 84 valence electrons. The number of nitrogen functional groups attached to an aromatic ring is 1. The van der Waals surface area contributed by atoms with E-state index in [0.29, 0.717) is 0 Å². The van der Waals surface area contributed by atoms with Crippen LogP contribution in [0.25, 0.3) is 0 Å². The Labute approximate surface area is 92.5 Å². The molecule has 0 saturated carbocycles. The summed E-state index contributed by atoms with van der Waals surface area (Å²) in [6, 6.07) is 2.16. The fraction of sp³-hybridized carbons (Fsp3) is 0.250. The van der Waals surface area contributed by atoms with Crippen molar-refractivity contribution < 1.29 is 12.8 Å². The first kappa shape index (κ1) is 12.1. The molecule has 0 bridgehead atoms. The van der Waals surface area contributed by atoms with Gasteiger partial charge in [0.2, 0.25) is 10.0 Å². The highest BCUT2D eigenvalue weighted by Gasteiger charge is 2.16. The lowest BCUT2D eigenvalue weighted by molar-refractivity contribution is 0.600. The summed E-state index contributed by atoms with van der Waals surface area (Å²) in [7, 11) is -2.12. The van der Waals surface area contributed by atoms with Crippen LogP contribution in [0.5, 0.6) is 0 Å². The van der Waals surface area contributed by atoms with Crippen LogP contribution < -0.4 is 10.0 Å². The van der Waals surface area contributed by atoms with Gasteiger partial charge in [0.25, 0.3) is 0 Å². The molecule has 1 aromatic carbocycles. The van der Waals surface area contributed by atoms with Gasteiger partial charge in [0, 0.05) is 13.1 Å². The summed E-state index contributed by atoms with van der Waals surface area (Å²) in [5.41, 5.74) is 5.66. The summed E-state index contributed by atoms with van der Waals surface area (Å²) in [6.45, 7) is 0. The molecular formula is C8H10ClFN2O2S. The second-order valence-corrected chi connectivity index (χ2v) is 5.48. The van der Waals surface area contributed by atoms with Gasteiger partial charge in [0.1, 0.15) is 5.82 Å². The molecule has 0 spiro atoms. The molecule has 1 rings (SSSR count). The molecule has 0 radical (unpaired) electrons. The van der Waals surface area contributed by atoms with Gasteiger partial charge in [-0.3, -0.25) is 4.31 Å². The molecule has 0 amide bonds. The van der Waals surface area contributed by atoms with Crippen molar-refractivity contribution in [2.75, 3.05) is 23.3 Å². The fourth-order valence-electron chi connectivity index (χ4n) is 1.00. The van der Waals surface area contributed by atoms with Crippen LogP contribution >= 0.6 is 11.6 Å². The highest BCUT2D eigenvalue weighted by Crippen LogP contribution is 2.29. The van der Waals surface area contributed by atoms with Crippen LogP contribution in [0, 0.1) is 5.82 Å². The maximum absolute atomic E-state index is 12.9. The first-order valence-electron chi connectivity index (χ1n) is 3.92. The second kappa shape index (κ2) is 3.86. The van der Waals surface area contributed by atoms with Crippen LogP contribution in [0.4, 0.5) is 15.8 Å². The molecule has 0 saturated heterocycles. The van der Waals surface area contributed by atoms with Crippen molar-refractivity contribution in [1.82, 2.24) is 0 Å². The fourth-order valence-corrected chi connectivity index (χ4v) is 1.68. The Kier molecular flexibility index (Phi) is 3.11. The van der Waals surface area contributed by atoms with E-state index >= 15 is 0 Å². The minimum atomic E-state index is -3.44. The number of sulfonamides is 1. The first-order valence-corrected chi connectivity index (χ1v) is 6.14. The standard InChI is InChI=1S/C8H10ClFN2O2S/c1-12(15(2,13)14)8-3-5(9)6(10)4-7(8)11/h3-4H,11H2,1-2H3. The van der Waals surface area contributed by atoms with Crippen LogP contribution in [0.3, 0.4) is 0 Å².